The van der Waals surface area contributed by atoms with Gasteiger partial charge in [-0.25, -0.2) is 4.39 Å². The van der Waals surface area contributed by atoms with E-state index in [0.29, 0.717) is 0 Å². The molecule has 0 saturated carbocycles. The van der Waals surface area contributed by atoms with Crippen LogP contribution in [0.1, 0.15) is 24.2 Å². The highest BCUT2D eigenvalue weighted by atomic mass is 19.1. The van der Waals surface area contributed by atoms with Crippen molar-refractivity contribution in [3.63, 3.8) is 0 Å². The van der Waals surface area contributed by atoms with Crippen LogP contribution in [-0.2, 0) is 6.54 Å². The lowest BCUT2D eigenvalue weighted by molar-refractivity contribution is 0.594. The Morgan fingerprint density at radius 2 is 2.25 bits per heavy atom. The average Bonchev–Trinajstić information content (AvgIpc) is 2.76. The highest BCUT2D eigenvalue weighted by Gasteiger charge is 2.13. The van der Waals surface area contributed by atoms with E-state index in [4.69, 9.17) is 5.73 Å². The zero-order valence-corrected chi connectivity index (χ0v) is 9.10. The first-order valence-corrected chi connectivity index (χ1v) is 5.25. The van der Waals surface area contributed by atoms with Gasteiger partial charge in [0.1, 0.15) is 5.82 Å². The third kappa shape index (κ3) is 1.97. The highest BCUT2D eigenvalue weighted by Crippen LogP contribution is 2.19. The lowest BCUT2D eigenvalue weighted by Gasteiger charge is -2.13. The third-order valence-corrected chi connectivity index (χ3v) is 2.58. The number of hydrogen-bond donors (Lipinski definition) is 1. The molecule has 0 bridgehead atoms. The minimum atomic E-state index is -0.335. The molecule has 1 unspecified atom stereocenters. The summed E-state index contributed by atoms with van der Waals surface area (Å²) in [5.74, 6) is -0.268. The predicted molar refractivity (Wildman–Crippen MR) is 60.3 cm³/mol. The third-order valence-electron chi connectivity index (χ3n) is 2.58. The summed E-state index contributed by atoms with van der Waals surface area (Å²) in [5.41, 5.74) is 7.73. The highest BCUT2D eigenvalue weighted by molar-refractivity contribution is 5.27. The van der Waals surface area contributed by atoms with Crippen LogP contribution in [-0.4, -0.2) is 9.78 Å². The summed E-state index contributed by atoms with van der Waals surface area (Å²) in [7, 11) is 0. The lowest BCUT2D eigenvalue weighted by Crippen LogP contribution is -2.17. The van der Waals surface area contributed by atoms with Crippen LogP contribution in [0.15, 0.2) is 36.5 Å². The first-order chi connectivity index (χ1) is 7.72. The van der Waals surface area contributed by atoms with Crippen LogP contribution in [0.4, 0.5) is 4.39 Å². The molecule has 0 aliphatic rings. The fraction of sp³-hybridized carbons (Fsp3) is 0.250. The molecule has 0 aliphatic carbocycles. The molecule has 0 amide bonds. The van der Waals surface area contributed by atoms with Crippen LogP contribution >= 0.6 is 0 Å². The van der Waals surface area contributed by atoms with E-state index in [-0.39, 0.29) is 11.9 Å². The molecule has 84 valence electrons. The predicted octanol–water partition coefficient (Wildman–Crippen LogP) is 2.09. The molecule has 16 heavy (non-hydrogen) atoms. The molecule has 1 aromatic carbocycles. The molecular weight excluding hydrogens is 205 g/mol. The van der Waals surface area contributed by atoms with Crippen molar-refractivity contribution in [1.82, 2.24) is 9.78 Å². The van der Waals surface area contributed by atoms with Crippen molar-refractivity contribution in [2.24, 2.45) is 5.73 Å². The standard InChI is InChI=1S/C12H14FN3/c1-2-16-11(6-7-15-16)12(14)9-4-3-5-10(13)8-9/h3-8,12H,2,14H2,1H3. The van der Waals surface area contributed by atoms with E-state index in [9.17, 15) is 4.39 Å². The fourth-order valence-corrected chi connectivity index (χ4v) is 1.74. The van der Waals surface area contributed by atoms with Gasteiger partial charge >= 0.3 is 0 Å². The van der Waals surface area contributed by atoms with Gasteiger partial charge in [-0.05, 0) is 30.7 Å². The van der Waals surface area contributed by atoms with Gasteiger partial charge < -0.3 is 5.73 Å². The Balaban J connectivity index is 2.35. The van der Waals surface area contributed by atoms with Crippen LogP contribution in [0.25, 0.3) is 0 Å². The smallest absolute Gasteiger partial charge is 0.123 e. The summed E-state index contributed by atoms with van der Waals surface area (Å²) in [5, 5.41) is 4.15. The maximum atomic E-state index is 13.1. The second-order valence-electron chi connectivity index (χ2n) is 3.60. The largest absolute Gasteiger partial charge is 0.319 e. The number of halogens is 1. The Morgan fingerprint density at radius 3 is 2.94 bits per heavy atom. The van der Waals surface area contributed by atoms with Gasteiger partial charge in [0.05, 0.1) is 11.7 Å². The summed E-state index contributed by atoms with van der Waals surface area (Å²) < 4.78 is 14.9. The van der Waals surface area contributed by atoms with Crippen LogP contribution < -0.4 is 5.73 Å². The van der Waals surface area contributed by atoms with E-state index in [1.807, 2.05) is 23.7 Å². The van der Waals surface area contributed by atoms with Crippen molar-refractivity contribution < 1.29 is 4.39 Å². The summed E-state index contributed by atoms with van der Waals surface area (Å²) in [6.07, 6.45) is 1.71. The zero-order valence-electron chi connectivity index (χ0n) is 9.10. The van der Waals surface area contributed by atoms with Gasteiger partial charge in [0, 0.05) is 12.7 Å². The van der Waals surface area contributed by atoms with Gasteiger partial charge in [0.2, 0.25) is 0 Å². The van der Waals surface area contributed by atoms with Crippen LogP contribution in [0, 0.1) is 5.82 Å². The number of aryl methyl sites for hydroxylation is 1. The maximum absolute atomic E-state index is 13.1. The van der Waals surface area contributed by atoms with Crippen molar-refractivity contribution in [3.05, 3.63) is 53.6 Å². The molecule has 4 heteroatoms. The molecular formula is C12H14FN3. The molecule has 0 saturated heterocycles. The van der Waals surface area contributed by atoms with E-state index in [1.54, 1.807) is 12.3 Å². The van der Waals surface area contributed by atoms with Crippen molar-refractivity contribution in [2.75, 3.05) is 0 Å². The average molecular weight is 219 g/mol. The SMILES string of the molecule is CCn1nccc1C(N)c1cccc(F)c1. The van der Waals surface area contributed by atoms with Crippen LogP contribution in [0.5, 0.6) is 0 Å². The molecule has 0 radical (unpaired) electrons. The molecule has 1 heterocycles. The lowest BCUT2D eigenvalue weighted by atomic mass is 10.0. The number of rotatable bonds is 3. The minimum Gasteiger partial charge on any atom is -0.319 e. The Kier molecular flexibility index (Phi) is 3.01. The molecule has 1 aromatic heterocycles. The van der Waals surface area contributed by atoms with Crippen molar-refractivity contribution >= 4 is 0 Å². The second kappa shape index (κ2) is 4.45. The Labute approximate surface area is 93.7 Å². The molecule has 2 rings (SSSR count). The minimum absolute atomic E-state index is 0.268. The van der Waals surface area contributed by atoms with Gasteiger partial charge in [0.25, 0.3) is 0 Å². The summed E-state index contributed by atoms with van der Waals surface area (Å²) >= 11 is 0. The number of nitrogens with two attached hydrogens (primary N) is 1. The monoisotopic (exact) mass is 219 g/mol. The van der Waals surface area contributed by atoms with Crippen LogP contribution in [0.2, 0.25) is 0 Å². The number of aromatic nitrogens is 2. The number of nitrogens with zero attached hydrogens (tertiary/aromatic N) is 2. The number of benzene rings is 1. The Hall–Kier alpha value is -1.68. The summed E-state index contributed by atoms with van der Waals surface area (Å²) in [6.45, 7) is 2.75. The topological polar surface area (TPSA) is 43.8 Å². The Bertz CT molecular complexity index is 479. The first kappa shape index (κ1) is 10.8. The molecule has 2 aromatic rings. The quantitative estimate of drug-likeness (QED) is 0.859. The van der Waals surface area contributed by atoms with E-state index in [0.717, 1.165) is 17.8 Å². The second-order valence-corrected chi connectivity index (χ2v) is 3.60. The van der Waals surface area contributed by atoms with Crippen molar-refractivity contribution in [1.29, 1.82) is 0 Å². The molecule has 0 aliphatic heterocycles. The van der Waals surface area contributed by atoms with Gasteiger partial charge in [0.15, 0.2) is 0 Å². The van der Waals surface area contributed by atoms with Gasteiger partial charge in [-0.1, -0.05) is 12.1 Å². The van der Waals surface area contributed by atoms with Crippen LogP contribution in [0.3, 0.4) is 0 Å². The fourth-order valence-electron chi connectivity index (χ4n) is 1.74. The van der Waals surface area contributed by atoms with Gasteiger partial charge in [-0.15, -0.1) is 0 Å². The van der Waals surface area contributed by atoms with Crippen molar-refractivity contribution in [2.45, 2.75) is 19.5 Å². The normalized spacial score (nSPS) is 12.7. The molecule has 1 atom stereocenters. The molecule has 2 N–H and O–H groups in total. The van der Waals surface area contributed by atoms with Crippen molar-refractivity contribution in [3.8, 4) is 0 Å². The van der Waals surface area contributed by atoms with E-state index in [1.165, 1.54) is 12.1 Å². The molecule has 0 spiro atoms. The first-order valence-electron chi connectivity index (χ1n) is 5.25. The summed E-state index contributed by atoms with van der Waals surface area (Å²) in [4.78, 5) is 0. The summed E-state index contributed by atoms with van der Waals surface area (Å²) in [6, 6.07) is 7.88. The maximum Gasteiger partial charge on any atom is 0.123 e. The number of hydrogen-bond acceptors (Lipinski definition) is 2. The molecule has 0 fully saturated rings. The van der Waals surface area contributed by atoms with E-state index in [2.05, 4.69) is 5.10 Å². The Morgan fingerprint density at radius 1 is 1.44 bits per heavy atom. The van der Waals surface area contributed by atoms with Gasteiger partial charge in [-0.2, -0.15) is 5.10 Å². The van der Waals surface area contributed by atoms with Gasteiger partial charge in [-0.3, -0.25) is 4.68 Å². The van der Waals surface area contributed by atoms with E-state index >= 15 is 0 Å². The van der Waals surface area contributed by atoms with E-state index < -0.39 is 0 Å². The molecule has 3 nitrogen and oxygen atoms in total. The zero-order chi connectivity index (χ0) is 11.5.